The fourth-order valence-electron chi connectivity index (χ4n) is 2.46. The SMILES string of the molecule is NCc1cccc(Cl)c1N(CCCO)C1CCC1. The van der Waals surface area contributed by atoms with Crippen LogP contribution in [-0.2, 0) is 6.54 Å². The zero-order valence-corrected chi connectivity index (χ0v) is 11.4. The molecule has 0 bridgehead atoms. The molecule has 0 amide bonds. The normalized spacial score (nSPS) is 15.5. The van der Waals surface area contributed by atoms with E-state index in [0.717, 1.165) is 29.2 Å². The highest BCUT2D eigenvalue weighted by Gasteiger charge is 2.27. The van der Waals surface area contributed by atoms with E-state index in [-0.39, 0.29) is 6.61 Å². The van der Waals surface area contributed by atoms with E-state index in [1.54, 1.807) is 0 Å². The molecule has 3 nitrogen and oxygen atoms in total. The molecule has 0 spiro atoms. The Hall–Kier alpha value is -0.770. The van der Waals surface area contributed by atoms with Crippen molar-refractivity contribution < 1.29 is 5.11 Å². The number of halogens is 1. The molecule has 1 fully saturated rings. The van der Waals surface area contributed by atoms with Crippen molar-refractivity contribution in [1.82, 2.24) is 0 Å². The largest absolute Gasteiger partial charge is 0.396 e. The van der Waals surface area contributed by atoms with Gasteiger partial charge in [0.25, 0.3) is 0 Å². The fraction of sp³-hybridized carbons (Fsp3) is 0.571. The van der Waals surface area contributed by atoms with E-state index in [9.17, 15) is 0 Å². The Morgan fingerprint density at radius 3 is 2.72 bits per heavy atom. The van der Waals surface area contributed by atoms with Gasteiger partial charge in [0.15, 0.2) is 0 Å². The molecule has 1 aromatic rings. The van der Waals surface area contributed by atoms with E-state index in [1.165, 1.54) is 19.3 Å². The van der Waals surface area contributed by atoms with Gasteiger partial charge in [0, 0.05) is 25.7 Å². The third-order valence-corrected chi connectivity index (χ3v) is 3.96. The van der Waals surface area contributed by atoms with Crippen LogP contribution < -0.4 is 10.6 Å². The number of para-hydroxylation sites is 1. The molecule has 0 atom stereocenters. The molecule has 4 heteroatoms. The van der Waals surface area contributed by atoms with Crippen LogP contribution in [0.1, 0.15) is 31.2 Å². The topological polar surface area (TPSA) is 49.5 Å². The van der Waals surface area contributed by atoms with Crippen molar-refractivity contribution in [2.24, 2.45) is 5.73 Å². The molecule has 2 rings (SSSR count). The van der Waals surface area contributed by atoms with Gasteiger partial charge in [-0.3, -0.25) is 0 Å². The van der Waals surface area contributed by atoms with Crippen LogP contribution in [0.5, 0.6) is 0 Å². The lowest BCUT2D eigenvalue weighted by Gasteiger charge is -2.40. The molecule has 0 heterocycles. The summed E-state index contributed by atoms with van der Waals surface area (Å²) in [6, 6.07) is 6.45. The monoisotopic (exact) mass is 268 g/mol. The second-order valence-electron chi connectivity index (χ2n) is 4.81. The summed E-state index contributed by atoms with van der Waals surface area (Å²) in [6.07, 6.45) is 4.47. The van der Waals surface area contributed by atoms with E-state index in [2.05, 4.69) is 4.90 Å². The van der Waals surface area contributed by atoms with Crippen molar-refractivity contribution in [3.05, 3.63) is 28.8 Å². The van der Waals surface area contributed by atoms with Gasteiger partial charge in [-0.25, -0.2) is 0 Å². The first-order chi connectivity index (χ1) is 8.77. The third-order valence-electron chi connectivity index (χ3n) is 3.65. The molecule has 1 saturated carbocycles. The van der Waals surface area contributed by atoms with E-state index >= 15 is 0 Å². The number of nitrogens with zero attached hydrogens (tertiary/aromatic N) is 1. The highest BCUT2D eigenvalue weighted by molar-refractivity contribution is 6.33. The van der Waals surface area contributed by atoms with E-state index in [0.29, 0.717) is 12.6 Å². The summed E-state index contributed by atoms with van der Waals surface area (Å²) in [6.45, 7) is 1.56. The first kappa shape index (κ1) is 13.7. The average molecular weight is 269 g/mol. The Labute approximate surface area is 114 Å². The lowest BCUT2D eigenvalue weighted by Crippen LogP contribution is -2.42. The smallest absolute Gasteiger partial charge is 0.0643 e. The van der Waals surface area contributed by atoms with Gasteiger partial charge in [-0.1, -0.05) is 23.7 Å². The van der Waals surface area contributed by atoms with Crippen LogP contribution in [0, 0.1) is 0 Å². The highest BCUT2D eigenvalue weighted by atomic mass is 35.5. The standard InChI is InChI=1S/C14H21ClN2O/c15-13-7-1-4-11(10-16)14(13)17(8-3-9-18)12-5-2-6-12/h1,4,7,12,18H,2-3,5-6,8-10,16H2. The summed E-state index contributed by atoms with van der Waals surface area (Å²) in [5.41, 5.74) is 7.97. The minimum atomic E-state index is 0.214. The van der Waals surface area contributed by atoms with Crippen LogP contribution in [0.3, 0.4) is 0 Å². The fourth-order valence-corrected chi connectivity index (χ4v) is 2.77. The summed E-state index contributed by atoms with van der Waals surface area (Å²) >= 11 is 6.35. The first-order valence-corrected chi connectivity index (χ1v) is 7.00. The van der Waals surface area contributed by atoms with E-state index < -0.39 is 0 Å². The maximum Gasteiger partial charge on any atom is 0.0643 e. The Kier molecular flexibility index (Phi) is 4.87. The van der Waals surface area contributed by atoms with Crippen LogP contribution in [-0.4, -0.2) is 24.3 Å². The molecule has 0 radical (unpaired) electrons. The molecule has 100 valence electrons. The maximum absolute atomic E-state index is 9.05. The molecule has 1 aromatic carbocycles. The predicted molar refractivity (Wildman–Crippen MR) is 76.0 cm³/mol. The van der Waals surface area contributed by atoms with Crippen LogP contribution in [0.4, 0.5) is 5.69 Å². The van der Waals surface area contributed by atoms with Gasteiger partial charge < -0.3 is 15.7 Å². The Balaban J connectivity index is 2.28. The third kappa shape index (κ3) is 2.79. The van der Waals surface area contributed by atoms with Crippen molar-refractivity contribution >= 4 is 17.3 Å². The molecule has 1 aliphatic carbocycles. The van der Waals surface area contributed by atoms with Crippen molar-refractivity contribution in [2.45, 2.75) is 38.3 Å². The minimum absolute atomic E-state index is 0.214. The molecule has 1 aliphatic rings. The van der Waals surface area contributed by atoms with Gasteiger partial charge in [-0.15, -0.1) is 0 Å². The number of nitrogens with two attached hydrogens (primary N) is 1. The first-order valence-electron chi connectivity index (χ1n) is 6.63. The van der Waals surface area contributed by atoms with Crippen molar-refractivity contribution in [3.8, 4) is 0 Å². The average Bonchev–Trinajstić information content (AvgIpc) is 2.32. The summed E-state index contributed by atoms with van der Waals surface area (Å²) in [4.78, 5) is 2.34. The predicted octanol–water partition coefficient (Wildman–Crippen LogP) is 2.54. The maximum atomic E-state index is 9.05. The Bertz CT molecular complexity index is 393. The van der Waals surface area contributed by atoms with E-state index in [4.69, 9.17) is 22.4 Å². The van der Waals surface area contributed by atoms with Crippen LogP contribution in [0.2, 0.25) is 5.02 Å². The molecule has 0 saturated heterocycles. The van der Waals surface area contributed by atoms with Gasteiger partial charge in [0.05, 0.1) is 10.7 Å². The van der Waals surface area contributed by atoms with Gasteiger partial charge >= 0.3 is 0 Å². The molecular weight excluding hydrogens is 248 g/mol. The quantitative estimate of drug-likeness (QED) is 0.834. The van der Waals surface area contributed by atoms with Crippen molar-refractivity contribution in [2.75, 3.05) is 18.1 Å². The molecule has 0 unspecified atom stereocenters. The number of anilines is 1. The molecule has 0 aromatic heterocycles. The molecule has 18 heavy (non-hydrogen) atoms. The zero-order valence-electron chi connectivity index (χ0n) is 10.6. The minimum Gasteiger partial charge on any atom is -0.396 e. The van der Waals surface area contributed by atoms with Crippen LogP contribution >= 0.6 is 11.6 Å². The summed E-state index contributed by atoms with van der Waals surface area (Å²) in [7, 11) is 0. The molecular formula is C14H21ClN2O. The Morgan fingerprint density at radius 2 is 2.17 bits per heavy atom. The number of hydrogen-bond acceptors (Lipinski definition) is 3. The van der Waals surface area contributed by atoms with Crippen LogP contribution in [0.25, 0.3) is 0 Å². The van der Waals surface area contributed by atoms with Crippen molar-refractivity contribution in [1.29, 1.82) is 0 Å². The van der Waals surface area contributed by atoms with E-state index in [1.807, 2.05) is 18.2 Å². The van der Waals surface area contributed by atoms with Gasteiger partial charge in [0.2, 0.25) is 0 Å². The second-order valence-corrected chi connectivity index (χ2v) is 5.21. The van der Waals surface area contributed by atoms with Crippen LogP contribution in [0.15, 0.2) is 18.2 Å². The van der Waals surface area contributed by atoms with Gasteiger partial charge in [-0.05, 0) is 37.3 Å². The summed E-state index contributed by atoms with van der Waals surface area (Å²) < 4.78 is 0. The number of aliphatic hydroxyl groups excluding tert-OH is 1. The molecule has 3 N–H and O–H groups in total. The second kappa shape index (κ2) is 6.41. The lowest BCUT2D eigenvalue weighted by molar-refractivity contribution is 0.283. The van der Waals surface area contributed by atoms with Crippen molar-refractivity contribution in [3.63, 3.8) is 0 Å². The summed E-state index contributed by atoms with van der Waals surface area (Å²) in [5.74, 6) is 0. The highest BCUT2D eigenvalue weighted by Crippen LogP contribution is 2.36. The Morgan fingerprint density at radius 1 is 1.39 bits per heavy atom. The summed E-state index contributed by atoms with van der Waals surface area (Å²) in [5, 5.41) is 9.81. The zero-order chi connectivity index (χ0) is 13.0. The number of benzene rings is 1. The lowest BCUT2D eigenvalue weighted by atomic mass is 9.90. The number of rotatable bonds is 6. The molecule has 0 aliphatic heterocycles. The number of aliphatic hydroxyl groups is 1. The van der Waals surface area contributed by atoms with Gasteiger partial charge in [-0.2, -0.15) is 0 Å². The van der Waals surface area contributed by atoms with Gasteiger partial charge in [0.1, 0.15) is 0 Å². The number of hydrogen-bond donors (Lipinski definition) is 2.